The Balaban J connectivity index is 1.31. The average Bonchev–Trinajstić information content (AvgIpc) is 3.14. The minimum atomic E-state index is -1.07. The summed E-state index contributed by atoms with van der Waals surface area (Å²) in [7, 11) is 0. The van der Waals surface area contributed by atoms with Crippen molar-refractivity contribution in [2.45, 2.75) is 38.3 Å². The Kier molecular flexibility index (Phi) is 9.80. The van der Waals surface area contributed by atoms with Gasteiger partial charge in [0.25, 0.3) is 5.91 Å². The smallest absolute Gasteiger partial charge is 0.404 e. The lowest BCUT2D eigenvalue weighted by molar-refractivity contribution is -0.136. The van der Waals surface area contributed by atoms with Gasteiger partial charge in [0.05, 0.1) is 33.0 Å². The first-order chi connectivity index (χ1) is 16.5. The lowest BCUT2D eigenvalue weighted by atomic mass is 10.00. The van der Waals surface area contributed by atoms with Crippen LogP contribution in [0.2, 0.25) is 0 Å². The molecule has 2 aliphatic rings. The van der Waals surface area contributed by atoms with E-state index in [-0.39, 0.29) is 24.8 Å². The summed E-state index contributed by atoms with van der Waals surface area (Å²) in [5, 5.41) is 13.0. The van der Waals surface area contributed by atoms with Crippen LogP contribution < -0.4 is 10.6 Å². The van der Waals surface area contributed by atoms with E-state index in [1.807, 2.05) is 12.1 Å². The molecule has 1 saturated heterocycles. The maximum Gasteiger partial charge on any atom is 0.404 e. The highest BCUT2D eigenvalue weighted by molar-refractivity contribution is 6.05. The molecule has 2 aliphatic heterocycles. The molecule has 11 heteroatoms. The number of piperidine rings is 1. The van der Waals surface area contributed by atoms with Crippen molar-refractivity contribution in [3.05, 3.63) is 34.9 Å². The highest BCUT2D eigenvalue weighted by atomic mass is 16.5. The summed E-state index contributed by atoms with van der Waals surface area (Å²) in [4.78, 5) is 48.3. The molecule has 4 amide bonds. The quantitative estimate of drug-likeness (QED) is 0.262. The molecule has 0 saturated carbocycles. The molecule has 0 spiro atoms. The van der Waals surface area contributed by atoms with Crippen molar-refractivity contribution in [2.75, 3.05) is 46.2 Å². The van der Waals surface area contributed by atoms with Crippen LogP contribution in [0.3, 0.4) is 0 Å². The first-order valence-corrected chi connectivity index (χ1v) is 11.4. The average molecular weight is 478 g/mol. The van der Waals surface area contributed by atoms with Crippen molar-refractivity contribution in [1.29, 1.82) is 0 Å². The van der Waals surface area contributed by atoms with Gasteiger partial charge in [-0.05, 0) is 36.5 Å². The Morgan fingerprint density at radius 2 is 1.76 bits per heavy atom. The number of amides is 4. The maximum absolute atomic E-state index is 12.9. The maximum atomic E-state index is 12.9. The number of hydrogen-bond acceptors (Lipinski definition) is 7. The second-order valence-corrected chi connectivity index (χ2v) is 8.02. The molecule has 0 radical (unpaired) electrons. The highest BCUT2D eigenvalue weighted by Crippen LogP contribution is 2.30. The lowest BCUT2D eigenvalue weighted by Crippen LogP contribution is -2.52. The fraction of sp³-hybridized carbons (Fsp3) is 0.565. The standard InChI is InChI=1S/C23H31N3O8/c27-20-7-6-19(21(28)25-20)26-15-18-16(3-1-5-17(18)22(26)29)4-2-9-32-11-13-34-14-12-33-10-8-24-23(30)31/h1,3,5,19,24H,2,4,6-15H2,(H,30,31)(H,25,27,28). The number of imide groups is 1. The zero-order valence-corrected chi connectivity index (χ0v) is 19.0. The van der Waals surface area contributed by atoms with Crippen molar-refractivity contribution in [2.24, 2.45) is 0 Å². The summed E-state index contributed by atoms with van der Waals surface area (Å²) in [6.07, 6.45) is 1.05. The molecule has 3 rings (SSSR count). The van der Waals surface area contributed by atoms with Gasteiger partial charge in [0, 0.05) is 31.7 Å². The molecule has 11 nitrogen and oxygen atoms in total. The summed E-state index contributed by atoms with van der Waals surface area (Å²) in [5.74, 6) is -0.867. The van der Waals surface area contributed by atoms with Crippen molar-refractivity contribution >= 4 is 23.8 Å². The number of rotatable bonds is 14. The Labute approximate surface area is 197 Å². The number of ether oxygens (including phenoxy) is 3. The van der Waals surface area contributed by atoms with Crippen LogP contribution in [0.5, 0.6) is 0 Å². The van der Waals surface area contributed by atoms with Crippen LogP contribution in [0.25, 0.3) is 0 Å². The molecule has 2 heterocycles. The van der Waals surface area contributed by atoms with Crippen LogP contribution in [0.15, 0.2) is 18.2 Å². The topological polar surface area (TPSA) is 144 Å². The van der Waals surface area contributed by atoms with Crippen LogP contribution in [-0.2, 0) is 36.8 Å². The fourth-order valence-corrected chi connectivity index (χ4v) is 4.02. The second-order valence-electron chi connectivity index (χ2n) is 8.02. The van der Waals surface area contributed by atoms with Crippen molar-refractivity contribution in [1.82, 2.24) is 15.5 Å². The van der Waals surface area contributed by atoms with Gasteiger partial charge in [-0.25, -0.2) is 4.79 Å². The molecule has 186 valence electrons. The van der Waals surface area contributed by atoms with Crippen molar-refractivity contribution < 1.29 is 38.5 Å². The Morgan fingerprint density at radius 3 is 2.47 bits per heavy atom. The molecule has 3 N–H and O–H groups in total. The van der Waals surface area contributed by atoms with E-state index in [0.29, 0.717) is 58.2 Å². The number of benzene rings is 1. The van der Waals surface area contributed by atoms with Gasteiger partial charge in [0.15, 0.2) is 0 Å². The van der Waals surface area contributed by atoms with E-state index in [0.717, 1.165) is 24.0 Å². The number of carbonyl (C=O) groups excluding carboxylic acids is 3. The summed E-state index contributed by atoms with van der Waals surface area (Å²) in [5.41, 5.74) is 2.63. The third-order valence-electron chi connectivity index (χ3n) is 5.68. The summed E-state index contributed by atoms with van der Waals surface area (Å²) < 4.78 is 16.2. The Hall–Kier alpha value is -3.02. The van der Waals surface area contributed by atoms with Gasteiger partial charge in [0.1, 0.15) is 6.04 Å². The van der Waals surface area contributed by atoms with E-state index in [2.05, 4.69) is 10.6 Å². The molecule has 0 aliphatic carbocycles. The van der Waals surface area contributed by atoms with Crippen LogP contribution in [-0.4, -0.2) is 86.0 Å². The molecular formula is C23H31N3O8. The van der Waals surface area contributed by atoms with Gasteiger partial charge >= 0.3 is 6.09 Å². The van der Waals surface area contributed by atoms with Gasteiger partial charge in [-0.2, -0.15) is 0 Å². The van der Waals surface area contributed by atoms with Gasteiger partial charge in [-0.1, -0.05) is 12.1 Å². The molecule has 1 aromatic carbocycles. The van der Waals surface area contributed by atoms with E-state index in [1.54, 1.807) is 11.0 Å². The Morgan fingerprint density at radius 1 is 1.06 bits per heavy atom. The van der Waals surface area contributed by atoms with Crippen molar-refractivity contribution in [3.63, 3.8) is 0 Å². The van der Waals surface area contributed by atoms with E-state index in [1.165, 1.54) is 0 Å². The normalized spacial score (nSPS) is 17.6. The largest absolute Gasteiger partial charge is 0.465 e. The van der Waals surface area contributed by atoms with Crippen LogP contribution in [0.4, 0.5) is 4.79 Å². The van der Waals surface area contributed by atoms with E-state index >= 15 is 0 Å². The molecule has 1 atom stereocenters. The molecule has 0 aromatic heterocycles. The SMILES string of the molecule is O=C(O)NCCOCCOCCOCCCc1cccc2c1CN(C1CCC(=O)NC1=O)C2=O. The van der Waals surface area contributed by atoms with Gasteiger partial charge in [-0.3, -0.25) is 19.7 Å². The van der Waals surface area contributed by atoms with E-state index in [4.69, 9.17) is 19.3 Å². The number of hydrogen-bond donors (Lipinski definition) is 3. The van der Waals surface area contributed by atoms with Crippen LogP contribution in [0.1, 0.15) is 40.7 Å². The first kappa shape index (κ1) is 25.6. The predicted octanol–water partition coefficient (Wildman–Crippen LogP) is 0.698. The zero-order chi connectivity index (χ0) is 24.3. The summed E-state index contributed by atoms with van der Waals surface area (Å²) in [6.45, 7) is 3.15. The number of carboxylic acid groups (broad SMARTS) is 1. The fourth-order valence-electron chi connectivity index (χ4n) is 4.02. The van der Waals surface area contributed by atoms with Crippen molar-refractivity contribution in [3.8, 4) is 0 Å². The molecular weight excluding hydrogens is 446 g/mol. The molecule has 1 fully saturated rings. The van der Waals surface area contributed by atoms with E-state index in [9.17, 15) is 19.2 Å². The molecule has 1 aromatic rings. The molecule has 1 unspecified atom stereocenters. The monoisotopic (exact) mass is 477 g/mol. The Bertz CT molecular complexity index is 891. The second kappa shape index (κ2) is 13.0. The number of nitrogens with zero attached hydrogens (tertiary/aromatic N) is 1. The number of fused-ring (bicyclic) bond motifs is 1. The van der Waals surface area contributed by atoms with Gasteiger partial charge in [0.2, 0.25) is 11.8 Å². The third kappa shape index (κ3) is 7.24. The number of nitrogens with one attached hydrogen (secondary N) is 2. The van der Waals surface area contributed by atoms with E-state index < -0.39 is 18.0 Å². The van der Waals surface area contributed by atoms with Gasteiger partial charge < -0.3 is 29.5 Å². The molecule has 34 heavy (non-hydrogen) atoms. The third-order valence-corrected chi connectivity index (χ3v) is 5.68. The minimum Gasteiger partial charge on any atom is -0.465 e. The predicted molar refractivity (Wildman–Crippen MR) is 119 cm³/mol. The van der Waals surface area contributed by atoms with Crippen LogP contribution in [0, 0.1) is 0 Å². The zero-order valence-electron chi connectivity index (χ0n) is 19.0. The molecule has 0 bridgehead atoms. The van der Waals surface area contributed by atoms with Gasteiger partial charge in [-0.15, -0.1) is 0 Å². The lowest BCUT2D eigenvalue weighted by Gasteiger charge is -2.29. The minimum absolute atomic E-state index is 0.165. The number of aryl methyl sites for hydroxylation is 1. The summed E-state index contributed by atoms with van der Waals surface area (Å²) in [6, 6.07) is 5.03. The summed E-state index contributed by atoms with van der Waals surface area (Å²) >= 11 is 0. The first-order valence-electron chi connectivity index (χ1n) is 11.4. The highest BCUT2D eigenvalue weighted by Gasteiger charge is 2.39. The van der Waals surface area contributed by atoms with Crippen LogP contribution >= 0.6 is 0 Å². The number of carbonyl (C=O) groups is 4.